The summed E-state index contributed by atoms with van der Waals surface area (Å²) < 4.78 is 0. The number of piperidine rings is 2. The quantitative estimate of drug-likeness (QED) is 0.814. The molecule has 1 atom stereocenters. The van der Waals surface area contributed by atoms with Gasteiger partial charge in [0.2, 0.25) is 0 Å². The number of aromatic nitrogens is 1. The van der Waals surface area contributed by atoms with Crippen molar-refractivity contribution in [1.29, 1.82) is 0 Å². The average molecular weight is 259 g/mol. The zero-order chi connectivity index (χ0) is 13.1. The van der Waals surface area contributed by atoms with Gasteiger partial charge in [-0.3, -0.25) is 4.98 Å². The fourth-order valence-corrected chi connectivity index (χ4v) is 3.90. The van der Waals surface area contributed by atoms with Crippen LogP contribution in [0.5, 0.6) is 0 Å². The summed E-state index contributed by atoms with van der Waals surface area (Å²) in [5.74, 6) is 0. The predicted molar refractivity (Wildman–Crippen MR) is 79.5 cm³/mol. The molecule has 0 bridgehead atoms. The summed E-state index contributed by atoms with van der Waals surface area (Å²) >= 11 is 0. The summed E-state index contributed by atoms with van der Waals surface area (Å²) in [7, 11) is 0. The highest BCUT2D eigenvalue weighted by Gasteiger charge is 2.38. The highest BCUT2D eigenvalue weighted by molar-refractivity contribution is 5.45. The minimum Gasteiger partial charge on any atom is -0.371 e. The van der Waals surface area contributed by atoms with Crippen LogP contribution in [0.4, 0.5) is 5.69 Å². The molecule has 0 N–H and O–H groups in total. The lowest BCUT2D eigenvalue weighted by Gasteiger charge is -2.49. The van der Waals surface area contributed by atoms with Gasteiger partial charge in [-0.2, -0.15) is 0 Å². The van der Waals surface area contributed by atoms with Gasteiger partial charge in [0, 0.05) is 43.1 Å². The monoisotopic (exact) mass is 259 g/mol. The van der Waals surface area contributed by atoms with Crippen molar-refractivity contribution in [3.63, 3.8) is 0 Å². The SMILES string of the molecule is CCN1CCCC2(CCCN(c3ccncc3)C2)C1. The summed E-state index contributed by atoms with van der Waals surface area (Å²) in [6.45, 7) is 8.53. The Morgan fingerprint density at radius 3 is 2.58 bits per heavy atom. The van der Waals surface area contributed by atoms with E-state index in [1.807, 2.05) is 12.4 Å². The number of hydrogen-bond donors (Lipinski definition) is 0. The molecule has 1 aromatic rings. The Bertz CT molecular complexity index is 402. The second kappa shape index (κ2) is 5.49. The molecule has 3 heterocycles. The van der Waals surface area contributed by atoms with Crippen LogP contribution in [-0.4, -0.2) is 42.6 Å². The maximum absolute atomic E-state index is 4.13. The summed E-state index contributed by atoms with van der Waals surface area (Å²) in [4.78, 5) is 9.35. The average Bonchev–Trinajstić information content (AvgIpc) is 2.48. The highest BCUT2D eigenvalue weighted by Crippen LogP contribution is 2.39. The van der Waals surface area contributed by atoms with E-state index in [9.17, 15) is 0 Å². The maximum Gasteiger partial charge on any atom is 0.0397 e. The Kier molecular flexibility index (Phi) is 3.74. The van der Waals surface area contributed by atoms with Gasteiger partial charge in [-0.1, -0.05) is 6.92 Å². The van der Waals surface area contributed by atoms with E-state index in [1.54, 1.807) is 0 Å². The van der Waals surface area contributed by atoms with Crippen LogP contribution in [0.2, 0.25) is 0 Å². The zero-order valence-electron chi connectivity index (χ0n) is 12.0. The number of likely N-dealkylation sites (tertiary alicyclic amines) is 1. The van der Waals surface area contributed by atoms with Crippen molar-refractivity contribution in [3.05, 3.63) is 24.5 Å². The molecule has 3 nitrogen and oxygen atoms in total. The molecule has 2 fully saturated rings. The van der Waals surface area contributed by atoms with Crippen molar-refractivity contribution in [3.8, 4) is 0 Å². The highest BCUT2D eigenvalue weighted by atomic mass is 15.2. The standard InChI is InChI=1S/C16H25N3/c1-2-18-11-3-7-16(13-18)8-4-12-19(14-16)15-5-9-17-10-6-15/h5-6,9-10H,2-4,7-8,11-14H2,1H3. The maximum atomic E-state index is 4.13. The molecule has 0 aliphatic carbocycles. The molecule has 3 rings (SSSR count). The second-order valence-corrected chi connectivity index (χ2v) is 6.20. The smallest absolute Gasteiger partial charge is 0.0397 e. The normalized spacial score (nSPS) is 28.8. The van der Waals surface area contributed by atoms with Crippen LogP contribution in [0, 0.1) is 5.41 Å². The van der Waals surface area contributed by atoms with Gasteiger partial charge in [-0.25, -0.2) is 0 Å². The van der Waals surface area contributed by atoms with Gasteiger partial charge in [-0.15, -0.1) is 0 Å². The van der Waals surface area contributed by atoms with Gasteiger partial charge in [-0.05, 0) is 50.9 Å². The van der Waals surface area contributed by atoms with Crippen molar-refractivity contribution in [2.45, 2.75) is 32.6 Å². The van der Waals surface area contributed by atoms with Crippen LogP contribution in [0.1, 0.15) is 32.6 Å². The van der Waals surface area contributed by atoms with E-state index >= 15 is 0 Å². The molecular weight excluding hydrogens is 234 g/mol. The minimum absolute atomic E-state index is 0.537. The molecule has 0 amide bonds. The number of rotatable bonds is 2. The van der Waals surface area contributed by atoms with Crippen molar-refractivity contribution >= 4 is 5.69 Å². The van der Waals surface area contributed by atoms with Gasteiger partial charge in [0.1, 0.15) is 0 Å². The molecule has 3 heteroatoms. The lowest BCUT2D eigenvalue weighted by Crippen LogP contribution is -2.52. The third-order valence-corrected chi connectivity index (χ3v) is 4.88. The molecule has 2 saturated heterocycles. The number of nitrogens with zero attached hydrogens (tertiary/aromatic N) is 3. The van der Waals surface area contributed by atoms with E-state index in [1.165, 1.54) is 64.1 Å². The Hall–Kier alpha value is -1.09. The first-order valence-electron chi connectivity index (χ1n) is 7.69. The summed E-state index contributed by atoms with van der Waals surface area (Å²) in [5.41, 5.74) is 1.89. The molecule has 1 spiro atoms. The van der Waals surface area contributed by atoms with Gasteiger partial charge < -0.3 is 9.80 Å². The number of hydrogen-bond acceptors (Lipinski definition) is 3. The van der Waals surface area contributed by atoms with Crippen LogP contribution in [0.3, 0.4) is 0 Å². The molecule has 0 radical (unpaired) electrons. The second-order valence-electron chi connectivity index (χ2n) is 6.20. The molecule has 19 heavy (non-hydrogen) atoms. The lowest BCUT2D eigenvalue weighted by atomic mass is 9.73. The van der Waals surface area contributed by atoms with Crippen molar-refractivity contribution < 1.29 is 0 Å². The van der Waals surface area contributed by atoms with Crippen molar-refractivity contribution in [2.24, 2.45) is 5.41 Å². The van der Waals surface area contributed by atoms with E-state index in [2.05, 4.69) is 33.8 Å². The first kappa shape index (κ1) is 12.9. The molecular formula is C16H25N3. The third-order valence-electron chi connectivity index (χ3n) is 4.88. The Morgan fingerprint density at radius 2 is 1.84 bits per heavy atom. The first-order valence-corrected chi connectivity index (χ1v) is 7.69. The van der Waals surface area contributed by atoms with E-state index in [0.717, 1.165) is 0 Å². The molecule has 0 aromatic carbocycles. The molecule has 0 saturated carbocycles. The fraction of sp³-hybridized carbons (Fsp3) is 0.688. The molecule has 2 aliphatic rings. The van der Waals surface area contributed by atoms with Gasteiger partial charge in [0.05, 0.1) is 0 Å². The van der Waals surface area contributed by atoms with Crippen LogP contribution >= 0.6 is 0 Å². The van der Waals surface area contributed by atoms with E-state index < -0.39 is 0 Å². The molecule has 104 valence electrons. The number of pyridine rings is 1. The Labute approximate surface area is 116 Å². The van der Waals surface area contributed by atoms with Gasteiger partial charge in [0.25, 0.3) is 0 Å². The van der Waals surface area contributed by atoms with Gasteiger partial charge >= 0.3 is 0 Å². The molecule has 1 aromatic heterocycles. The van der Waals surface area contributed by atoms with E-state index in [4.69, 9.17) is 0 Å². The van der Waals surface area contributed by atoms with Crippen LogP contribution in [-0.2, 0) is 0 Å². The largest absolute Gasteiger partial charge is 0.371 e. The third kappa shape index (κ3) is 2.76. The Morgan fingerprint density at radius 1 is 1.11 bits per heavy atom. The van der Waals surface area contributed by atoms with Crippen molar-refractivity contribution in [2.75, 3.05) is 37.6 Å². The van der Waals surface area contributed by atoms with Crippen LogP contribution in [0.25, 0.3) is 0 Å². The van der Waals surface area contributed by atoms with E-state index in [-0.39, 0.29) is 0 Å². The molecule has 1 unspecified atom stereocenters. The van der Waals surface area contributed by atoms with Crippen LogP contribution in [0.15, 0.2) is 24.5 Å². The van der Waals surface area contributed by atoms with E-state index in [0.29, 0.717) is 5.41 Å². The summed E-state index contributed by atoms with van der Waals surface area (Å²) in [6, 6.07) is 4.30. The fourth-order valence-electron chi connectivity index (χ4n) is 3.90. The first-order chi connectivity index (χ1) is 9.31. The molecule has 2 aliphatic heterocycles. The number of anilines is 1. The predicted octanol–water partition coefficient (Wildman–Crippen LogP) is 2.78. The summed E-state index contributed by atoms with van der Waals surface area (Å²) in [6.07, 6.45) is 9.35. The van der Waals surface area contributed by atoms with Gasteiger partial charge in [0.15, 0.2) is 0 Å². The topological polar surface area (TPSA) is 19.4 Å². The van der Waals surface area contributed by atoms with Crippen LogP contribution < -0.4 is 4.90 Å². The minimum atomic E-state index is 0.537. The summed E-state index contributed by atoms with van der Waals surface area (Å²) in [5, 5.41) is 0. The lowest BCUT2D eigenvalue weighted by molar-refractivity contribution is 0.0771. The Balaban J connectivity index is 1.74. The van der Waals surface area contributed by atoms with Crippen molar-refractivity contribution in [1.82, 2.24) is 9.88 Å². The zero-order valence-corrected chi connectivity index (χ0v) is 12.0.